The van der Waals surface area contributed by atoms with E-state index < -0.39 is 0 Å². The third kappa shape index (κ3) is 3.76. The van der Waals surface area contributed by atoms with Crippen LogP contribution in [-0.4, -0.2) is 13.1 Å². The van der Waals surface area contributed by atoms with Gasteiger partial charge in [-0.1, -0.05) is 26.2 Å². The first-order valence-electron chi connectivity index (χ1n) is 5.14. The smallest absolute Gasteiger partial charge is 0.00488 e. The summed E-state index contributed by atoms with van der Waals surface area (Å²) < 4.78 is 0. The van der Waals surface area contributed by atoms with Crippen LogP contribution in [0.15, 0.2) is 0 Å². The highest BCUT2D eigenvalue weighted by atomic mass is 14.8. The molecular weight excluding hydrogens is 134 g/mol. The van der Waals surface area contributed by atoms with Crippen LogP contribution in [0.4, 0.5) is 0 Å². The highest BCUT2D eigenvalue weighted by Crippen LogP contribution is 2.29. The third-order valence-electron chi connectivity index (χ3n) is 2.62. The molecule has 1 saturated carbocycles. The predicted molar refractivity (Wildman–Crippen MR) is 49.7 cm³/mol. The van der Waals surface area contributed by atoms with E-state index in [0.29, 0.717) is 0 Å². The van der Waals surface area contributed by atoms with Crippen molar-refractivity contribution in [2.45, 2.75) is 45.4 Å². The Bertz CT molecular complexity index is 86.9. The van der Waals surface area contributed by atoms with Crippen LogP contribution in [0.2, 0.25) is 0 Å². The molecule has 0 unspecified atom stereocenters. The quantitative estimate of drug-likeness (QED) is 0.581. The van der Waals surface area contributed by atoms with Gasteiger partial charge in [0.1, 0.15) is 0 Å². The lowest BCUT2D eigenvalue weighted by Crippen LogP contribution is -2.18. The molecule has 1 aliphatic carbocycles. The van der Waals surface area contributed by atoms with Gasteiger partial charge < -0.3 is 5.32 Å². The molecule has 1 nitrogen and oxygen atoms in total. The zero-order valence-corrected chi connectivity index (χ0v) is 7.73. The van der Waals surface area contributed by atoms with E-state index in [-0.39, 0.29) is 0 Å². The normalized spacial score (nSPS) is 18.3. The number of hydrogen-bond acceptors (Lipinski definition) is 1. The molecule has 1 rings (SSSR count). The van der Waals surface area contributed by atoms with Gasteiger partial charge in [-0.25, -0.2) is 0 Å². The van der Waals surface area contributed by atoms with Gasteiger partial charge in [0.2, 0.25) is 0 Å². The summed E-state index contributed by atoms with van der Waals surface area (Å²) in [5.41, 5.74) is 0. The summed E-state index contributed by atoms with van der Waals surface area (Å²) in [4.78, 5) is 0. The predicted octanol–water partition coefficient (Wildman–Crippen LogP) is 2.57. The van der Waals surface area contributed by atoms with Gasteiger partial charge in [-0.15, -0.1) is 0 Å². The van der Waals surface area contributed by atoms with Crippen LogP contribution in [0.3, 0.4) is 0 Å². The van der Waals surface area contributed by atoms with Crippen LogP contribution in [0, 0.1) is 5.92 Å². The van der Waals surface area contributed by atoms with Gasteiger partial charge in [0.05, 0.1) is 0 Å². The summed E-state index contributed by atoms with van der Waals surface area (Å²) in [6.07, 6.45) is 8.64. The maximum absolute atomic E-state index is 3.44. The summed E-state index contributed by atoms with van der Waals surface area (Å²) in [5.74, 6) is 1.10. The van der Waals surface area contributed by atoms with Crippen molar-refractivity contribution in [2.75, 3.05) is 13.1 Å². The molecule has 0 aromatic heterocycles. The second-order valence-electron chi connectivity index (χ2n) is 3.69. The maximum Gasteiger partial charge on any atom is -0.00488 e. The van der Waals surface area contributed by atoms with Gasteiger partial charge in [-0.2, -0.15) is 0 Å². The lowest BCUT2D eigenvalue weighted by Gasteiger charge is -2.24. The van der Waals surface area contributed by atoms with Gasteiger partial charge in [0.25, 0.3) is 0 Å². The van der Waals surface area contributed by atoms with Crippen molar-refractivity contribution in [3.63, 3.8) is 0 Å². The molecule has 0 saturated heterocycles. The van der Waals surface area contributed by atoms with Crippen LogP contribution in [0.25, 0.3) is 0 Å². The van der Waals surface area contributed by atoms with Crippen molar-refractivity contribution in [1.82, 2.24) is 5.32 Å². The van der Waals surface area contributed by atoms with Crippen LogP contribution >= 0.6 is 0 Å². The second kappa shape index (κ2) is 5.59. The molecule has 1 fully saturated rings. The summed E-state index contributed by atoms with van der Waals surface area (Å²) in [6.45, 7) is 4.66. The lowest BCUT2D eigenvalue weighted by atomic mass is 9.82. The molecule has 1 aliphatic rings. The zero-order chi connectivity index (χ0) is 7.94. The average Bonchev–Trinajstić information content (AvgIpc) is 1.93. The summed E-state index contributed by atoms with van der Waals surface area (Å²) >= 11 is 0. The molecule has 0 radical (unpaired) electrons. The van der Waals surface area contributed by atoms with Crippen LogP contribution in [0.5, 0.6) is 0 Å². The molecule has 1 N–H and O–H groups in total. The Hall–Kier alpha value is -0.0400. The molecule has 0 aromatic rings. The van der Waals surface area contributed by atoms with Crippen molar-refractivity contribution in [2.24, 2.45) is 5.92 Å². The Labute approximate surface area is 70.6 Å². The van der Waals surface area contributed by atoms with E-state index in [1.165, 1.54) is 51.6 Å². The summed E-state index contributed by atoms with van der Waals surface area (Å²) in [7, 11) is 0. The fourth-order valence-corrected chi connectivity index (χ4v) is 1.60. The molecule has 0 aliphatic heterocycles. The Kier molecular flexibility index (Phi) is 4.60. The van der Waals surface area contributed by atoms with Crippen molar-refractivity contribution in [3.8, 4) is 0 Å². The van der Waals surface area contributed by atoms with Crippen LogP contribution in [-0.2, 0) is 0 Å². The largest absolute Gasteiger partial charge is 0.317 e. The summed E-state index contributed by atoms with van der Waals surface area (Å²) in [6, 6.07) is 0. The molecule has 1 heteroatoms. The van der Waals surface area contributed by atoms with E-state index in [0.717, 1.165) is 5.92 Å². The minimum absolute atomic E-state index is 1.10. The molecule has 0 bridgehead atoms. The molecule has 0 aromatic carbocycles. The molecular formula is C10H21N. The number of nitrogens with one attached hydrogen (secondary N) is 1. The monoisotopic (exact) mass is 155 g/mol. The molecule has 0 heterocycles. The van der Waals surface area contributed by atoms with E-state index in [4.69, 9.17) is 0 Å². The summed E-state index contributed by atoms with van der Waals surface area (Å²) in [5, 5.41) is 3.44. The van der Waals surface area contributed by atoms with E-state index in [2.05, 4.69) is 12.2 Å². The van der Waals surface area contributed by atoms with Crippen molar-refractivity contribution in [1.29, 1.82) is 0 Å². The fraction of sp³-hybridized carbons (Fsp3) is 1.00. The Morgan fingerprint density at radius 2 is 2.09 bits per heavy atom. The van der Waals surface area contributed by atoms with Crippen molar-refractivity contribution >= 4 is 0 Å². The van der Waals surface area contributed by atoms with E-state index in [9.17, 15) is 0 Å². The third-order valence-corrected chi connectivity index (χ3v) is 2.62. The van der Waals surface area contributed by atoms with Gasteiger partial charge in [0.15, 0.2) is 0 Å². The molecule has 0 atom stereocenters. The Morgan fingerprint density at radius 3 is 2.64 bits per heavy atom. The van der Waals surface area contributed by atoms with Crippen molar-refractivity contribution < 1.29 is 0 Å². The zero-order valence-electron chi connectivity index (χ0n) is 7.73. The van der Waals surface area contributed by atoms with Gasteiger partial charge in [0, 0.05) is 0 Å². The first-order valence-corrected chi connectivity index (χ1v) is 5.14. The average molecular weight is 155 g/mol. The highest BCUT2D eigenvalue weighted by Gasteiger charge is 2.15. The van der Waals surface area contributed by atoms with Gasteiger partial charge in [-0.3, -0.25) is 0 Å². The van der Waals surface area contributed by atoms with Gasteiger partial charge in [-0.05, 0) is 38.3 Å². The number of hydrogen-bond donors (Lipinski definition) is 1. The number of rotatable bonds is 6. The topological polar surface area (TPSA) is 12.0 Å². The molecule has 0 spiro atoms. The SMILES string of the molecule is CCCNCCCC1CCC1. The van der Waals surface area contributed by atoms with Crippen LogP contribution < -0.4 is 5.32 Å². The van der Waals surface area contributed by atoms with E-state index in [1.807, 2.05) is 0 Å². The Balaban J connectivity index is 1.73. The first kappa shape index (κ1) is 9.05. The fourth-order valence-electron chi connectivity index (χ4n) is 1.60. The van der Waals surface area contributed by atoms with E-state index >= 15 is 0 Å². The lowest BCUT2D eigenvalue weighted by molar-refractivity contribution is 0.288. The minimum Gasteiger partial charge on any atom is -0.317 e. The van der Waals surface area contributed by atoms with Crippen LogP contribution in [0.1, 0.15) is 45.4 Å². The second-order valence-corrected chi connectivity index (χ2v) is 3.69. The minimum atomic E-state index is 1.10. The Morgan fingerprint density at radius 1 is 1.27 bits per heavy atom. The molecule has 66 valence electrons. The molecule has 0 amide bonds. The highest BCUT2D eigenvalue weighted by molar-refractivity contribution is 4.69. The maximum atomic E-state index is 3.44. The first-order chi connectivity index (χ1) is 5.43. The molecule has 11 heavy (non-hydrogen) atoms. The van der Waals surface area contributed by atoms with E-state index in [1.54, 1.807) is 0 Å². The van der Waals surface area contributed by atoms with Gasteiger partial charge >= 0.3 is 0 Å². The standard InChI is InChI=1S/C10H21N/c1-2-8-11-9-4-7-10-5-3-6-10/h10-11H,2-9H2,1H3. The van der Waals surface area contributed by atoms with Crippen molar-refractivity contribution in [3.05, 3.63) is 0 Å².